The van der Waals surface area contributed by atoms with Crippen LogP contribution >= 0.6 is 24.0 Å². The van der Waals surface area contributed by atoms with Crippen LogP contribution in [0.2, 0.25) is 0 Å². The van der Waals surface area contributed by atoms with Crippen molar-refractivity contribution >= 4 is 35.9 Å². The maximum absolute atomic E-state index is 11.8. The van der Waals surface area contributed by atoms with E-state index in [1.54, 1.807) is 13.4 Å². The van der Waals surface area contributed by atoms with Crippen LogP contribution in [0.5, 0.6) is 0 Å². The van der Waals surface area contributed by atoms with Gasteiger partial charge in [-0.1, -0.05) is 13.8 Å². The van der Waals surface area contributed by atoms with Gasteiger partial charge < -0.3 is 19.5 Å². The molecule has 1 aromatic rings. The molecule has 24 heavy (non-hydrogen) atoms. The standard InChI is InChI=1S/C15H26N6O2.HI/c1-5-13-19-18-10-20(13)7-6-17-15(16-3)21-8-11(2)12(9-21)14(22)23-4;/h10-12H,5-9H2,1-4H3,(H,16,17);1H. The molecule has 0 aromatic carbocycles. The number of aryl methyl sites for hydroxylation is 1. The Morgan fingerprint density at radius 3 is 2.88 bits per heavy atom. The number of carbonyl (C=O) groups is 1. The van der Waals surface area contributed by atoms with Gasteiger partial charge in [0.2, 0.25) is 0 Å². The SMILES string of the molecule is CCc1nncn1CCNC(=NC)N1CC(C)C(C(=O)OC)C1.I. The fourth-order valence-electron chi connectivity index (χ4n) is 2.96. The Kier molecular flexibility index (Phi) is 8.43. The molecule has 1 fully saturated rings. The van der Waals surface area contributed by atoms with Crippen LogP contribution in [0, 0.1) is 11.8 Å². The molecule has 1 aliphatic heterocycles. The van der Waals surface area contributed by atoms with Crippen molar-refractivity contribution in [3.63, 3.8) is 0 Å². The number of aromatic nitrogens is 3. The molecule has 0 aliphatic carbocycles. The monoisotopic (exact) mass is 450 g/mol. The summed E-state index contributed by atoms with van der Waals surface area (Å²) in [7, 11) is 3.20. The lowest BCUT2D eigenvalue weighted by atomic mass is 9.99. The van der Waals surface area contributed by atoms with Crippen LogP contribution in [0.4, 0.5) is 0 Å². The van der Waals surface area contributed by atoms with Crippen molar-refractivity contribution in [3.05, 3.63) is 12.2 Å². The van der Waals surface area contributed by atoms with Gasteiger partial charge in [-0.15, -0.1) is 34.2 Å². The number of hydrogen-bond acceptors (Lipinski definition) is 5. The Hall–Kier alpha value is -1.39. The highest BCUT2D eigenvalue weighted by Gasteiger charge is 2.36. The molecule has 1 N–H and O–H groups in total. The lowest BCUT2D eigenvalue weighted by molar-refractivity contribution is -0.145. The summed E-state index contributed by atoms with van der Waals surface area (Å²) in [5, 5.41) is 11.3. The van der Waals surface area contributed by atoms with E-state index in [2.05, 4.69) is 39.3 Å². The summed E-state index contributed by atoms with van der Waals surface area (Å²) >= 11 is 0. The van der Waals surface area contributed by atoms with E-state index in [4.69, 9.17) is 4.74 Å². The summed E-state index contributed by atoms with van der Waals surface area (Å²) in [6.07, 6.45) is 2.60. The summed E-state index contributed by atoms with van der Waals surface area (Å²) in [5.41, 5.74) is 0. The van der Waals surface area contributed by atoms with Crippen molar-refractivity contribution in [2.75, 3.05) is 33.8 Å². The van der Waals surface area contributed by atoms with Gasteiger partial charge in [0.25, 0.3) is 0 Å². The third-order valence-electron chi connectivity index (χ3n) is 4.28. The van der Waals surface area contributed by atoms with Crippen LogP contribution in [0.1, 0.15) is 19.7 Å². The minimum Gasteiger partial charge on any atom is -0.469 e. The molecule has 0 amide bonds. The Morgan fingerprint density at radius 2 is 2.25 bits per heavy atom. The first-order valence-electron chi connectivity index (χ1n) is 8.00. The van der Waals surface area contributed by atoms with Gasteiger partial charge in [-0.25, -0.2) is 0 Å². The van der Waals surface area contributed by atoms with E-state index in [1.165, 1.54) is 7.11 Å². The number of aliphatic imine (C=N–C) groups is 1. The van der Waals surface area contributed by atoms with Crippen molar-refractivity contribution in [1.82, 2.24) is 25.0 Å². The number of rotatable bonds is 5. The van der Waals surface area contributed by atoms with Crippen molar-refractivity contribution in [3.8, 4) is 0 Å². The molecule has 0 bridgehead atoms. The predicted molar refractivity (Wildman–Crippen MR) is 102 cm³/mol. The van der Waals surface area contributed by atoms with Crippen LogP contribution in [0.3, 0.4) is 0 Å². The van der Waals surface area contributed by atoms with Gasteiger partial charge in [-0.05, 0) is 5.92 Å². The van der Waals surface area contributed by atoms with E-state index in [0.29, 0.717) is 6.54 Å². The van der Waals surface area contributed by atoms with Crippen LogP contribution in [-0.2, 0) is 22.5 Å². The molecule has 2 heterocycles. The lowest BCUT2D eigenvalue weighted by Gasteiger charge is -2.21. The Morgan fingerprint density at radius 1 is 1.50 bits per heavy atom. The summed E-state index contributed by atoms with van der Waals surface area (Å²) in [5.74, 6) is 1.80. The molecule has 1 aliphatic rings. The number of hydrogen-bond donors (Lipinski definition) is 1. The topological polar surface area (TPSA) is 84.6 Å². The number of guanidine groups is 1. The number of esters is 1. The first-order chi connectivity index (χ1) is 11.1. The van der Waals surface area contributed by atoms with E-state index < -0.39 is 0 Å². The molecule has 2 unspecified atom stereocenters. The number of nitrogens with one attached hydrogen (secondary N) is 1. The number of ether oxygens (including phenoxy) is 1. The van der Waals surface area contributed by atoms with Gasteiger partial charge in [0, 0.05) is 39.6 Å². The summed E-state index contributed by atoms with van der Waals surface area (Å²) < 4.78 is 6.91. The van der Waals surface area contributed by atoms with Crippen molar-refractivity contribution in [1.29, 1.82) is 0 Å². The van der Waals surface area contributed by atoms with Gasteiger partial charge in [0.05, 0.1) is 13.0 Å². The molecule has 1 aromatic heterocycles. The second-order valence-corrected chi connectivity index (χ2v) is 5.78. The predicted octanol–water partition coefficient (Wildman–Crippen LogP) is 0.775. The Bertz CT molecular complexity index is 562. The average Bonchev–Trinajstić information content (AvgIpc) is 3.17. The smallest absolute Gasteiger partial charge is 0.310 e. The zero-order chi connectivity index (χ0) is 16.8. The maximum atomic E-state index is 11.8. The molecular formula is C15H27IN6O2. The van der Waals surface area contributed by atoms with E-state index in [1.807, 2.05) is 4.57 Å². The molecule has 9 heteroatoms. The highest BCUT2D eigenvalue weighted by molar-refractivity contribution is 14.0. The van der Waals surface area contributed by atoms with Crippen LogP contribution in [0.25, 0.3) is 0 Å². The summed E-state index contributed by atoms with van der Waals surface area (Å²) in [4.78, 5) is 18.2. The number of nitrogens with zero attached hydrogens (tertiary/aromatic N) is 5. The maximum Gasteiger partial charge on any atom is 0.310 e. The third kappa shape index (κ3) is 4.81. The van der Waals surface area contributed by atoms with Gasteiger partial charge in [0.1, 0.15) is 12.2 Å². The van der Waals surface area contributed by atoms with Crippen molar-refractivity contribution in [2.24, 2.45) is 16.8 Å². The summed E-state index contributed by atoms with van der Waals surface area (Å²) in [6.45, 7) is 7.07. The molecular weight excluding hydrogens is 423 g/mol. The Balaban J connectivity index is 0.00000288. The second kappa shape index (κ2) is 9.80. The van der Waals surface area contributed by atoms with E-state index in [9.17, 15) is 4.79 Å². The number of carbonyl (C=O) groups excluding carboxylic acids is 1. The number of likely N-dealkylation sites (tertiary alicyclic amines) is 1. The quantitative estimate of drug-likeness (QED) is 0.309. The van der Waals surface area contributed by atoms with E-state index in [0.717, 1.165) is 37.8 Å². The normalized spacial score (nSPS) is 20.7. The molecule has 0 saturated carbocycles. The summed E-state index contributed by atoms with van der Waals surface area (Å²) in [6, 6.07) is 0. The van der Waals surface area contributed by atoms with Gasteiger partial charge in [-0.3, -0.25) is 9.79 Å². The minimum absolute atomic E-state index is 0. The van der Waals surface area contributed by atoms with Crippen LogP contribution in [-0.4, -0.2) is 65.4 Å². The second-order valence-electron chi connectivity index (χ2n) is 5.78. The van der Waals surface area contributed by atoms with Gasteiger partial charge in [0.15, 0.2) is 5.96 Å². The number of methoxy groups -OCH3 is 1. The molecule has 2 rings (SSSR count). The Labute approximate surface area is 160 Å². The van der Waals surface area contributed by atoms with Crippen LogP contribution < -0.4 is 5.32 Å². The first-order valence-corrected chi connectivity index (χ1v) is 8.00. The fraction of sp³-hybridized carbons (Fsp3) is 0.733. The minimum atomic E-state index is -0.146. The van der Waals surface area contributed by atoms with Gasteiger partial charge in [-0.2, -0.15) is 0 Å². The molecule has 136 valence electrons. The molecule has 8 nitrogen and oxygen atoms in total. The largest absolute Gasteiger partial charge is 0.469 e. The average molecular weight is 450 g/mol. The highest BCUT2D eigenvalue weighted by Crippen LogP contribution is 2.23. The third-order valence-corrected chi connectivity index (χ3v) is 4.28. The van der Waals surface area contributed by atoms with Crippen LogP contribution in [0.15, 0.2) is 11.3 Å². The van der Waals surface area contributed by atoms with E-state index in [-0.39, 0.29) is 41.8 Å². The van der Waals surface area contributed by atoms with E-state index >= 15 is 0 Å². The lowest BCUT2D eigenvalue weighted by Crippen LogP contribution is -2.41. The highest BCUT2D eigenvalue weighted by atomic mass is 127. The fourth-order valence-corrected chi connectivity index (χ4v) is 2.96. The van der Waals surface area contributed by atoms with Gasteiger partial charge >= 0.3 is 5.97 Å². The molecule has 1 saturated heterocycles. The molecule has 2 atom stereocenters. The van der Waals surface area contributed by atoms with Crippen molar-refractivity contribution in [2.45, 2.75) is 26.8 Å². The zero-order valence-electron chi connectivity index (χ0n) is 14.7. The molecule has 0 spiro atoms. The first kappa shape index (κ1) is 20.7. The van der Waals surface area contributed by atoms with Crippen molar-refractivity contribution < 1.29 is 9.53 Å². The molecule has 0 radical (unpaired) electrons. The number of halogens is 1. The zero-order valence-corrected chi connectivity index (χ0v) is 17.1.